The Morgan fingerprint density at radius 2 is 1.94 bits per heavy atom. The Labute approximate surface area is 105 Å². The smallest absolute Gasteiger partial charge is 0.0947 e. The molecule has 96 valence electrons. The molecule has 2 nitrogen and oxygen atoms in total. The van der Waals surface area contributed by atoms with Gasteiger partial charge in [-0.1, -0.05) is 34.6 Å². The van der Waals surface area contributed by atoms with E-state index in [1.807, 2.05) is 17.9 Å². The number of hydrogen-bond donors (Lipinski definition) is 0. The summed E-state index contributed by atoms with van der Waals surface area (Å²) < 4.78 is 2.05. The first-order valence-corrected chi connectivity index (χ1v) is 6.68. The number of aryl methyl sites for hydroxylation is 1. The van der Waals surface area contributed by atoms with E-state index in [4.69, 9.17) is 0 Å². The topological polar surface area (TPSA) is 17.8 Å². The third-order valence-electron chi connectivity index (χ3n) is 4.21. The molecular weight excluding hydrogens is 208 g/mol. The van der Waals surface area contributed by atoms with Crippen LogP contribution >= 0.6 is 0 Å². The van der Waals surface area contributed by atoms with Crippen LogP contribution in [-0.2, 0) is 12.5 Å². The Morgan fingerprint density at radius 3 is 2.35 bits per heavy atom. The fourth-order valence-corrected chi connectivity index (χ4v) is 3.06. The zero-order valence-corrected chi connectivity index (χ0v) is 12.1. The summed E-state index contributed by atoms with van der Waals surface area (Å²) in [5, 5.41) is 0. The maximum absolute atomic E-state index is 4.52. The molecule has 1 fully saturated rings. The van der Waals surface area contributed by atoms with Crippen molar-refractivity contribution < 1.29 is 0 Å². The molecule has 0 aromatic carbocycles. The highest BCUT2D eigenvalue weighted by Crippen LogP contribution is 2.55. The SMILES string of the molecule is Cn1cnc(C(C)(C)CC2CC2C(C)(C)C)c1. The summed E-state index contributed by atoms with van der Waals surface area (Å²) in [7, 11) is 2.04. The Kier molecular flexibility index (Phi) is 2.87. The van der Waals surface area contributed by atoms with Gasteiger partial charge in [-0.15, -0.1) is 0 Å². The second kappa shape index (κ2) is 3.86. The van der Waals surface area contributed by atoms with E-state index in [-0.39, 0.29) is 5.41 Å². The summed E-state index contributed by atoms with van der Waals surface area (Å²) >= 11 is 0. The molecule has 0 saturated heterocycles. The maximum atomic E-state index is 4.52. The molecule has 17 heavy (non-hydrogen) atoms. The van der Waals surface area contributed by atoms with E-state index in [9.17, 15) is 0 Å². The van der Waals surface area contributed by atoms with E-state index in [0.29, 0.717) is 5.41 Å². The number of rotatable bonds is 3. The molecule has 0 aliphatic heterocycles. The first kappa shape index (κ1) is 12.7. The number of imidazole rings is 1. The quantitative estimate of drug-likeness (QED) is 0.778. The van der Waals surface area contributed by atoms with Gasteiger partial charge in [0, 0.05) is 18.7 Å². The van der Waals surface area contributed by atoms with Gasteiger partial charge in [0.15, 0.2) is 0 Å². The van der Waals surface area contributed by atoms with Crippen molar-refractivity contribution >= 4 is 0 Å². The van der Waals surface area contributed by atoms with Crippen molar-refractivity contribution in [2.45, 2.75) is 52.9 Å². The lowest BCUT2D eigenvalue weighted by atomic mass is 9.81. The molecule has 1 aromatic heterocycles. The van der Waals surface area contributed by atoms with Gasteiger partial charge in [-0.25, -0.2) is 4.98 Å². The molecule has 1 aliphatic carbocycles. The van der Waals surface area contributed by atoms with Gasteiger partial charge in [0.05, 0.1) is 12.0 Å². The lowest BCUT2D eigenvalue weighted by Crippen LogP contribution is -2.20. The minimum Gasteiger partial charge on any atom is -0.340 e. The van der Waals surface area contributed by atoms with Crippen molar-refractivity contribution in [3.8, 4) is 0 Å². The number of hydrogen-bond acceptors (Lipinski definition) is 1. The largest absolute Gasteiger partial charge is 0.340 e. The van der Waals surface area contributed by atoms with Crippen LogP contribution < -0.4 is 0 Å². The van der Waals surface area contributed by atoms with Crippen molar-refractivity contribution in [1.29, 1.82) is 0 Å². The van der Waals surface area contributed by atoms with Crippen LogP contribution in [0, 0.1) is 17.3 Å². The third kappa shape index (κ3) is 2.72. The van der Waals surface area contributed by atoms with Gasteiger partial charge in [0.25, 0.3) is 0 Å². The van der Waals surface area contributed by atoms with E-state index in [1.165, 1.54) is 18.5 Å². The van der Waals surface area contributed by atoms with Crippen LogP contribution in [0.15, 0.2) is 12.5 Å². The van der Waals surface area contributed by atoms with Gasteiger partial charge in [0.1, 0.15) is 0 Å². The van der Waals surface area contributed by atoms with Gasteiger partial charge in [-0.2, -0.15) is 0 Å². The predicted molar refractivity (Wildman–Crippen MR) is 71.9 cm³/mol. The maximum Gasteiger partial charge on any atom is 0.0947 e. The Balaban J connectivity index is 2.00. The average Bonchev–Trinajstić information content (AvgIpc) is 2.77. The van der Waals surface area contributed by atoms with E-state index < -0.39 is 0 Å². The number of aromatic nitrogens is 2. The molecule has 1 aromatic rings. The molecule has 0 radical (unpaired) electrons. The lowest BCUT2D eigenvalue weighted by molar-refractivity contribution is 0.306. The summed E-state index contributed by atoms with van der Waals surface area (Å²) in [5.41, 5.74) is 1.93. The van der Waals surface area contributed by atoms with Crippen molar-refractivity contribution in [3.63, 3.8) is 0 Å². The van der Waals surface area contributed by atoms with Gasteiger partial charge in [0.2, 0.25) is 0 Å². The van der Waals surface area contributed by atoms with Crippen LogP contribution in [0.5, 0.6) is 0 Å². The molecule has 1 heterocycles. The first-order valence-electron chi connectivity index (χ1n) is 6.68. The minimum atomic E-state index is 0.214. The summed E-state index contributed by atoms with van der Waals surface area (Å²) in [6.07, 6.45) is 6.74. The van der Waals surface area contributed by atoms with Crippen LogP contribution in [0.25, 0.3) is 0 Å². The highest BCUT2D eigenvalue weighted by Gasteiger charge is 2.47. The lowest BCUT2D eigenvalue weighted by Gasteiger charge is -2.24. The summed E-state index contributed by atoms with van der Waals surface area (Å²) in [6, 6.07) is 0. The molecule has 2 unspecified atom stereocenters. The van der Waals surface area contributed by atoms with Gasteiger partial charge >= 0.3 is 0 Å². The molecule has 0 N–H and O–H groups in total. The van der Waals surface area contributed by atoms with Gasteiger partial charge in [-0.3, -0.25) is 0 Å². The zero-order valence-electron chi connectivity index (χ0n) is 12.1. The van der Waals surface area contributed by atoms with Crippen LogP contribution in [0.3, 0.4) is 0 Å². The van der Waals surface area contributed by atoms with Crippen molar-refractivity contribution in [1.82, 2.24) is 9.55 Å². The molecule has 2 heteroatoms. The fourth-order valence-electron chi connectivity index (χ4n) is 3.06. The summed E-state index contributed by atoms with van der Waals surface area (Å²) in [4.78, 5) is 4.52. The van der Waals surface area contributed by atoms with E-state index in [0.717, 1.165) is 11.8 Å². The molecule has 2 atom stereocenters. The van der Waals surface area contributed by atoms with Gasteiger partial charge in [-0.05, 0) is 30.1 Å². The zero-order chi connectivity index (χ0) is 12.8. The minimum absolute atomic E-state index is 0.214. The van der Waals surface area contributed by atoms with Crippen LogP contribution in [0.1, 0.15) is 53.2 Å². The van der Waals surface area contributed by atoms with E-state index >= 15 is 0 Å². The van der Waals surface area contributed by atoms with Crippen LogP contribution in [0.2, 0.25) is 0 Å². The van der Waals surface area contributed by atoms with Gasteiger partial charge < -0.3 is 4.57 Å². The Bertz CT molecular complexity index is 395. The summed E-state index contributed by atoms with van der Waals surface area (Å²) in [6.45, 7) is 11.8. The van der Waals surface area contributed by atoms with E-state index in [1.54, 1.807) is 0 Å². The molecule has 0 amide bonds. The van der Waals surface area contributed by atoms with Crippen LogP contribution in [-0.4, -0.2) is 9.55 Å². The molecule has 2 rings (SSSR count). The highest BCUT2D eigenvalue weighted by molar-refractivity contribution is 5.13. The normalized spacial score (nSPS) is 25.1. The first-order chi connectivity index (χ1) is 7.70. The average molecular weight is 234 g/mol. The second-order valence-corrected chi connectivity index (χ2v) is 7.48. The summed E-state index contributed by atoms with van der Waals surface area (Å²) in [5.74, 6) is 1.80. The third-order valence-corrected chi connectivity index (χ3v) is 4.21. The van der Waals surface area contributed by atoms with Crippen molar-refractivity contribution in [2.75, 3.05) is 0 Å². The Morgan fingerprint density at radius 1 is 1.29 bits per heavy atom. The monoisotopic (exact) mass is 234 g/mol. The molecule has 0 spiro atoms. The Hall–Kier alpha value is -0.790. The van der Waals surface area contributed by atoms with Crippen molar-refractivity contribution in [3.05, 3.63) is 18.2 Å². The fraction of sp³-hybridized carbons (Fsp3) is 0.800. The second-order valence-electron chi connectivity index (χ2n) is 7.48. The molecule has 1 aliphatic rings. The van der Waals surface area contributed by atoms with E-state index in [2.05, 4.69) is 45.8 Å². The molecule has 1 saturated carbocycles. The van der Waals surface area contributed by atoms with Crippen LogP contribution in [0.4, 0.5) is 0 Å². The predicted octanol–water partition coefficient (Wildman–Crippen LogP) is 3.77. The standard InChI is InChI=1S/C15H26N2/c1-14(2,3)12-7-11(12)8-15(4,5)13-9-17(6)10-16-13/h9-12H,7-8H2,1-6H3. The molecule has 0 bridgehead atoms. The highest BCUT2D eigenvalue weighted by atomic mass is 15.0. The van der Waals surface area contributed by atoms with Crippen molar-refractivity contribution in [2.24, 2.45) is 24.3 Å². The number of nitrogens with zero attached hydrogens (tertiary/aromatic N) is 2. The molecular formula is C15H26N2.